The van der Waals surface area contributed by atoms with Crippen LogP contribution in [0.3, 0.4) is 0 Å². The second kappa shape index (κ2) is 6.70. The Morgan fingerprint density at radius 2 is 1.12 bits per heavy atom. The highest BCUT2D eigenvalue weighted by molar-refractivity contribution is 14.1. The highest BCUT2D eigenvalue weighted by Crippen LogP contribution is 2.35. The summed E-state index contributed by atoms with van der Waals surface area (Å²) in [6.07, 6.45) is 0. The first kappa shape index (κ1) is 15.5. The second-order valence-corrected chi connectivity index (χ2v) is 8.88. The summed E-state index contributed by atoms with van der Waals surface area (Å²) >= 11 is 12.1. The standard InChI is InChI=1S/C12H5I5/c13-8-3-1-2-6(10(8)15)7-4-5-9(14)12(17)11(7)16/h1-5H. The van der Waals surface area contributed by atoms with Crippen molar-refractivity contribution in [1.29, 1.82) is 0 Å². The summed E-state index contributed by atoms with van der Waals surface area (Å²) in [5.41, 5.74) is 2.66. The Labute approximate surface area is 169 Å². The van der Waals surface area contributed by atoms with E-state index >= 15 is 0 Å². The summed E-state index contributed by atoms with van der Waals surface area (Å²) in [6.45, 7) is 0. The molecule has 0 fully saturated rings. The van der Waals surface area contributed by atoms with Crippen molar-refractivity contribution in [2.75, 3.05) is 0 Å². The van der Waals surface area contributed by atoms with Crippen molar-refractivity contribution in [2.24, 2.45) is 0 Å². The summed E-state index contributed by atoms with van der Waals surface area (Å²) in [5, 5.41) is 0. The Morgan fingerprint density at radius 3 is 1.82 bits per heavy atom. The predicted molar refractivity (Wildman–Crippen MR) is 115 cm³/mol. The van der Waals surface area contributed by atoms with E-state index in [4.69, 9.17) is 0 Å². The van der Waals surface area contributed by atoms with Gasteiger partial charge in [0.05, 0.1) is 0 Å². The van der Waals surface area contributed by atoms with Gasteiger partial charge in [-0.2, -0.15) is 0 Å². The molecule has 2 aromatic carbocycles. The maximum atomic E-state index is 2.44. The highest BCUT2D eigenvalue weighted by atomic mass is 127. The average Bonchev–Trinajstić information content (AvgIpc) is 2.31. The number of benzene rings is 2. The zero-order chi connectivity index (χ0) is 12.6. The molecule has 0 heterocycles. The molecule has 0 N–H and O–H groups in total. The molecule has 0 bridgehead atoms. The van der Waals surface area contributed by atoms with Gasteiger partial charge in [0.15, 0.2) is 0 Å². The van der Waals surface area contributed by atoms with Crippen LogP contribution in [0.25, 0.3) is 11.1 Å². The van der Waals surface area contributed by atoms with Gasteiger partial charge in [-0.3, -0.25) is 0 Å². The van der Waals surface area contributed by atoms with Crippen LogP contribution in [-0.4, -0.2) is 0 Å². The van der Waals surface area contributed by atoms with Gasteiger partial charge in [0.1, 0.15) is 0 Å². The van der Waals surface area contributed by atoms with Crippen LogP contribution in [0, 0.1) is 17.9 Å². The van der Waals surface area contributed by atoms with E-state index < -0.39 is 0 Å². The van der Waals surface area contributed by atoms with Gasteiger partial charge in [-0.1, -0.05) is 18.2 Å². The fraction of sp³-hybridized carbons (Fsp3) is 0. The third kappa shape index (κ3) is 3.40. The first-order valence-corrected chi connectivity index (χ1v) is 9.99. The molecule has 0 aliphatic carbocycles. The zero-order valence-corrected chi connectivity index (χ0v) is 19.1. The Kier molecular flexibility index (Phi) is 6.10. The van der Waals surface area contributed by atoms with Crippen LogP contribution < -0.4 is 0 Å². The summed E-state index contributed by atoms with van der Waals surface area (Å²) in [6, 6.07) is 10.9. The Bertz CT molecular complexity index is 577. The largest absolute Gasteiger partial charge is 0.0605 e. The van der Waals surface area contributed by atoms with Gasteiger partial charge in [-0.15, -0.1) is 0 Å². The van der Waals surface area contributed by atoms with E-state index in [1.807, 2.05) is 0 Å². The lowest BCUT2D eigenvalue weighted by Gasteiger charge is -2.11. The Morgan fingerprint density at radius 1 is 0.529 bits per heavy atom. The molecule has 0 saturated carbocycles. The van der Waals surface area contributed by atoms with E-state index in [-0.39, 0.29) is 0 Å². The van der Waals surface area contributed by atoms with Gasteiger partial charge < -0.3 is 0 Å². The normalized spacial score (nSPS) is 10.6. The van der Waals surface area contributed by atoms with Crippen LogP contribution in [0.1, 0.15) is 0 Å². The minimum absolute atomic E-state index is 1.31. The van der Waals surface area contributed by atoms with Crippen molar-refractivity contribution >= 4 is 113 Å². The monoisotopic (exact) mass is 784 g/mol. The maximum absolute atomic E-state index is 2.44. The SMILES string of the molecule is Ic1cccc(-c2ccc(I)c(I)c2I)c1I. The molecule has 17 heavy (non-hydrogen) atoms. The molecule has 0 saturated heterocycles. The van der Waals surface area contributed by atoms with E-state index in [1.54, 1.807) is 0 Å². The number of hydrogen-bond donors (Lipinski definition) is 0. The topological polar surface area (TPSA) is 0 Å². The molecule has 0 unspecified atom stereocenters. The van der Waals surface area contributed by atoms with Crippen molar-refractivity contribution in [3.05, 3.63) is 48.2 Å². The van der Waals surface area contributed by atoms with Crippen LogP contribution in [0.4, 0.5) is 0 Å². The Balaban J connectivity index is 2.69. The minimum Gasteiger partial charge on any atom is -0.0605 e. The quantitative estimate of drug-likeness (QED) is 0.233. The van der Waals surface area contributed by atoms with Gasteiger partial charge in [0.2, 0.25) is 0 Å². The highest BCUT2D eigenvalue weighted by Gasteiger charge is 2.12. The number of rotatable bonds is 1. The summed E-state index contributed by atoms with van der Waals surface area (Å²) in [5.74, 6) is 0. The molecular weight excluding hydrogens is 779 g/mol. The van der Waals surface area contributed by atoms with Crippen LogP contribution >= 0.6 is 113 Å². The predicted octanol–water partition coefficient (Wildman–Crippen LogP) is 6.38. The zero-order valence-electron chi connectivity index (χ0n) is 8.28. The molecule has 0 amide bonds. The molecule has 0 aromatic heterocycles. The van der Waals surface area contributed by atoms with Crippen LogP contribution in [0.2, 0.25) is 0 Å². The lowest BCUT2D eigenvalue weighted by atomic mass is 10.1. The van der Waals surface area contributed by atoms with E-state index in [0.29, 0.717) is 0 Å². The first-order chi connectivity index (χ1) is 8.02. The van der Waals surface area contributed by atoms with E-state index in [1.165, 1.54) is 29.0 Å². The van der Waals surface area contributed by atoms with Crippen molar-refractivity contribution in [3.8, 4) is 11.1 Å². The third-order valence-electron chi connectivity index (χ3n) is 2.28. The lowest BCUT2D eigenvalue weighted by molar-refractivity contribution is 1.47. The molecule has 0 aliphatic heterocycles. The van der Waals surface area contributed by atoms with Crippen molar-refractivity contribution in [3.63, 3.8) is 0 Å². The van der Waals surface area contributed by atoms with Crippen molar-refractivity contribution in [2.45, 2.75) is 0 Å². The Hall–Kier alpha value is 2.09. The summed E-state index contributed by atoms with van der Waals surface area (Å²) in [7, 11) is 0. The van der Waals surface area contributed by atoms with Crippen LogP contribution in [0.15, 0.2) is 30.3 Å². The van der Waals surface area contributed by atoms with Crippen LogP contribution in [0.5, 0.6) is 0 Å². The smallest absolute Gasteiger partial charge is 0.0403 e. The molecule has 0 spiro atoms. The van der Waals surface area contributed by atoms with Gasteiger partial charge in [0.25, 0.3) is 0 Å². The molecule has 5 heteroatoms. The maximum Gasteiger partial charge on any atom is 0.0403 e. The summed E-state index contributed by atoms with van der Waals surface area (Å²) < 4.78 is 6.65. The molecule has 2 aromatic rings. The average molecular weight is 784 g/mol. The molecular formula is C12H5I5. The second-order valence-electron chi connectivity index (χ2n) is 3.32. The van der Waals surface area contributed by atoms with E-state index in [0.717, 1.165) is 0 Å². The molecule has 0 nitrogen and oxygen atoms in total. The fourth-order valence-electron chi connectivity index (χ4n) is 1.45. The van der Waals surface area contributed by atoms with E-state index in [9.17, 15) is 0 Å². The number of halogens is 5. The molecule has 0 atom stereocenters. The summed E-state index contributed by atoms with van der Waals surface area (Å²) in [4.78, 5) is 0. The molecule has 0 radical (unpaired) electrons. The molecule has 2 rings (SSSR count). The van der Waals surface area contributed by atoms with Gasteiger partial charge in [0, 0.05) is 17.9 Å². The lowest BCUT2D eigenvalue weighted by Crippen LogP contribution is -1.93. The van der Waals surface area contributed by atoms with E-state index in [2.05, 4.69) is 143 Å². The van der Waals surface area contributed by atoms with Gasteiger partial charge in [-0.05, 0) is 136 Å². The minimum atomic E-state index is 1.31. The van der Waals surface area contributed by atoms with Crippen molar-refractivity contribution < 1.29 is 0 Å². The van der Waals surface area contributed by atoms with Gasteiger partial charge in [-0.25, -0.2) is 0 Å². The number of hydrogen-bond acceptors (Lipinski definition) is 0. The molecule has 88 valence electrons. The van der Waals surface area contributed by atoms with Crippen LogP contribution in [-0.2, 0) is 0 Å². The third-order valence-corrected chi connectivity index (χ3v) is 10.6. The first-order valence-electron chi connectivity index (χ1n) is 4.60. The van der Waals surface area contributed by atoms with Gasteiger partial charge >= 0.3 is 0 Å². The molecule has 0 aliphatic rings. The fourth-order valence-corrected chi connectivity index (χ4v) is 4.79. The van der Waals surface area contributed by atoms with Crippen molar-refractivity contribution in [1.82, 2.24) is 0 Å².